The Labute approximate surface area is 174 Å². The smallest absolute Gasteiger partial charge is 0.265 e. The highest BCUT2D eigenvalue weighted by molar-refractivity contribution is 5.94. The summed E-state index contributed by atoms with van der Waals surface area (Å²) in [7, 11) is 1.89. The molecule has 1 atom stereocenters. The van der Waals surface area contributed by atoms with Gasteiger partial charge in [-0.2, -0.15) is 0 Å². The largest absolute Gasteiger partial charge is 0.485 e. The van der Waals surface area contributed by atoms with Crippen LogP contribution >= 0.6 is 0 Å². The quantitative estimate of drug-likeness (QED) is 0.677. The molecule has 0 saturated carbocycles. The van der Waals surface area contributed by atoms with Crippen molar-refractivity contribution in [2.75, 3.05) is 11.9 Å². The van der Waals surface area contributed by atoms with Crippen molar-refractivity contribution >= 4 is 28.5 Å². The molecule has 2 N–H and O–H groups in total. The monoisotopic (exact) mass is 408 g/mol. The number of amides is 2. The highest BCUT2D eigenvalue weighted by Crippen LogP contribution is 2.30. The summed E-state index contributed by atoms with van der Waals surface area (Å²) in [6, 6.07) is 12.8. The van der Waals surface area contributed by atoms with Crippen molar-refractivity contribution in [1.29, 1.82) is 0 Å². The van der Waals surface area contributed by atoms with E-state index in [1.165, 1.54) is 0 Å². The maximum absolute atomic E-state index is 12.5. The zero-order valence-corrected chi connectivity index (χ0v) is 17.1. The van der Waals surface area contributed by atoms with Gasteiger partial charge in [-0.1, -0.05) is 26.0 Å². The summed E-state index contributed by atoms with van der Waals surface area (Å²) in [6.45, 7) is 4.09. The number of imidazole rings is 1. The Morgan fingerprint density at radius 3 is 2.73 bits per heavy atom. The van der Waals surface area contributed by atoms with Crippen LogP contribution in [-0.2, 0) is 23.2 Å². The molecule has 1 aliphatic heterocycles. The SMILES string of the molecule is CC(C)C(=O)Nc1ccc2c(c1)nc(CNC(=O)[C@H]1COc3ccccc3O1)n2C. The Kier molecular flexibility index (Phi) is 5.31. The molecule has 0 unspecified atom stereocenters. The summed E-state index contributed by atoms with van der Waals surface area (Å²) in [5, 5.41) is 5.74. The molecule has 0 saturated heterocycles. The van der Waals surface area contributed by atoms with Gasteiger partial charge in [0.1, 0.15) is 12.4 Å². The fourth-order valence-electron chi connectivity index (χ4n) is 3.20. The summed E-state index contributed by atoms with van der Waals surface area (Å²) in [6.07, 6.45) is -0.715. The molecule has 0 bridgehead atoms. The highest BCUT2D eigenvalue weighted by Gasteiger charge is 2.27. The number of anilines is 1. The van der Waals surface area contributed by atoms with E-state index in [9.17, 15) is 9.59 Å². The third kappa shape index (κ3) is 3.94. The van der Waals surface area contributed by atoms with E-state index in [0.717, 1.165) is 11.0 Å². The first-order valence-electron chi connectivity index (χ1n) is 9.85. The summed E-state index contributed by atoms with van der Waals surface area (Å²) in [5.41, 5.74) is 2.35. The number of aromatic nitrogens is 2. The van der Waals surface area contributed by atoms with Crippen LogP contribution in [0.3, 0.4) is 0 Å². The van der Waals surface area contributed by atoms with Crippen molar-refractivity contribution in [3.05, 3.63) is 48.3 Å². The number of fused-ring (bicyclic) bond motifs is 2. The molecule has 0 radical (unpaired) electrons. The molecule has 30 heavy (non-hydrogen) atoms. The number of rotatable bonds is 5. The number of aryl methyl sites for hydroxylation is 1. The number of hydrogen-bond acceptors (Lipinski definition) is 5. The van der Waals surface area contributed by atoms with Crippen LogP contribution in [0.5, 0.6) is 11.5 Å². The Morgan fingerprint density at radius 1 is 1.20 bits per heavy atom. The molecule has 1 aromatic heterocycles. The van der Waals surface area contributed by atoms with Crippen molar-refractivity contribution in [2.45, 2.75) is 26.5 Å². The molecule has 4 rings (SSSR count). The van der Waals surface area contributed by atoms with E-state index in [1.54, 1.807) is 12.1 Å². The van der Waals surface area contributed by atoms with Crippen molar-refractivity contribution < 1.29 is 19.1 Å². The number of nitrogens with one attached hydrogen (secondary N) is 2. The summed E-state index contributed by atoms with van der Waals surface area (Å²) in [5.74, 6) is 1.48. The average molecular weight is 408 g/mol. The van der Waals surface area contributed by atoms with Gasteiger partial charge in [0.15, 0.2) is 11.5 Å². The van der Waals surface area contributed by atoms with Gasteiger partial charge in [0.05, 0.1) is 17.6 Å². The zero-order chi connectivity index (χ0) is 21.3. The highest BCUT2D eigenvalue weighted by atomic mass is 16.6. The first-order valence-corrected chi connectivity index (χ1v) is 9.85. The van der Waals surface area contributed by atoms with Crippen molar-refractivity contribution in [2.24, 2.45) is 13.0 Å². The molecule has 2 heterocycles. The number of carbonyl (C=O) groups is 2. The van der Waals surface area contributed by atoms with E-state index >= 15 is 0 Å². The van der Waals surface area contributed by atoms with Crippen molar-refractivity contribution in [1.82, 2.24) is 14.9 Å². The van der Waals surface area contributed by atoms with E-state index in [0.29, 0.717) is 23.0 Å². The topological polar surface area (TPSA) is 94.5 Å². The van der Waals surface area contributed by atoms with E-state index in [1.807, 2.05) is 55.8 Å². The number of ether oxygens (including phenoxy) is 2. The third-order valence-electron chi connectivity index (χ3n) is 4.99. The molecule has 8 nitrogen and oxygen atoms in total. The van der Waals surface area contributed by atoms with Gasteiger partial charge >= 0.3 is 0 Å². The summed E-state index contributed by atoms with van der Waals surface area (Å²) >= 11 is 0. The predicted molar refractivity (Wildman–Crippen MR) is 112 cm³/mol. The van der Waals surface area contributed by atoms with Gasteiger partial charge < -0.3 is 24.7 Å². The van der Waals surface area contributed by atoms with Gasteiger partial charge in [-0.3, -0.25) is 9.59 Å². The molecule has 2 amide bonds. The van der Waals surface area contributed by atoms with Gasteiger partial charge in [0.25, 0.3) is 5.91 Å². The Balaban J connectivity index is 1.43. The molecule has 8 heteroatoms. The molecule has 1 aliphatic rings. The van der Waals surface area contributed by atoms with Crippen LogP contribution in [0.2, 0.25) is 0 Å². The molecule has 0 fully saturated rings. The van der Waals surface area contributed by atoms with Gasteiger partial charge in [0, 0.05) is 18.7 Å². The first-order chi connectivity index (χ1) is 14.4. The second-order valence-electron chi connectivity index (χ2n) is 7.52. The molecule has 0 aliphatic carbocycles. The third-order valence-corrected chi connectivity index (χ3v) is 4.99. The lowest BCUT2D eigenvalue weighted by atomic mass is 10.2. The van der Waals surface area contributed by atoms with E-state index in [2.05, 4.69) is 15.6 Å². The summed E-state index contributed by atoms with van der Waals surface area (Å²) in [4.78, 5) is 29.1. The molecular formula is C22H24N4O4. The van der Waals surface area contributed by atoms with Gasteiger partial charge in [-0.25, -0.2) is 4.98 Å². The van der Waals surface area contributed by atoms with E-state index in [4.69, 9.17) is 9.47 Å². The van der Waals surface area contributed by atoms with Crippen LogP contribution in [0.25, 0.3) is 11.0 Å². The second kappa shape index (κ2) is 8.06. The van der Waals surface area contributed by atoms with E-state index < -0.39 is 6.10 Å². The van der Waals surface area contributed by atoms with Crippen molar-refractivity contribution in [3.63, 3.8) is 0 Å². The first kappa shape index (κ1) is 19.8. The Morgan fingerprint density at radius 2 is 1.97 bits per heavy atom. The maximum atomic E-state index is 12.5. The average Bonchev–Trinajstić information content (AvgIpc) is 3.06. The minimum atomic E-state index is -0.715. The van der Waals surface area contributed by atoms with Gasteiger partial charge in [-0.05, 0) is 30.3 Å². The molecule has 3 aromatic rings. The lowest BCUT2D eigenvalue weighted by Crippen LogP contribution is -2.43. The molecule has 2 aromatic carbocycles. The lowest BCUT2D eigenvalue weighted by Gasteiger charge is -2.25. The lowest BCUT2D eigenvalue weighted by molar-refractivity contribution is -0.130. The van der Waals surface area contributed by atoms with Crippen LogP contribution in [0.1, 0.15) is 19.7 Å². The molecule has 0 spiro atoms. The van der Waals surface area contributed by atoms with Crippen LogP contribution in [0.15, 0.2) is 42.5 Å². The standard InChI is InChI=1S/C22H24N4O4/c1-13(2)21(27)24-14-8-9-16-15(10-14)25-20(26(16)3)11-23-22(28)19-12-29-17-6-4-5-7-18(17)30-19/h4-10,13,19H,11-12H2,1-3H3,(H,23,28)(H,24,27)/t19-/m1/s1. The Bertz CT molecular complexity index is 1110. The fourth-order valence-corrected chi connectivity index (χ4v) is 3.20. The van der Waals surface area contributed by atoms with Crippen LogP contribution in [0.4, 0.5) is 5.69 Å². The number of para-hydroxylation sites is 2. The number of benzene rings is 2. The molecule has 156 valence electrons. The van der Waals surface area contributed by atoms with Crippen LogP contribution in [0, 0.1) is 5.92 Å². The van der Waals surface area contributed by atoms with Crippen LogP contribution < -0.4 is 20.1 Å². The maximum Gasteiger partial charge on any atom is 0.265 e. The Hall–Kier alpha value is -3.55. The number of hydrogen-bond donors (Lipinski definition) is 2. The fraction of sp³-hybridized carbons (Fsp3) is 0.318. The van der Waals surface area contributed by atoms with Gasteiger partial charge in [-0.15, -0.1) is 0 Å². The van der Waals surface area contributed by atoms with Gasteiger partial charge in [0.2, 0.25) is 12.0 Å². The number of nitrogens with zero attached hydrogens (tertiary/aromatic N) is 2. The minimum Gasteiger partial charge on any atom is -0.485 e. The minimum absolute atomic E-state index is 0.0472. The normalized spacial score (nSPS) is 15.3. The number of carbonyl (C=O) groups excluding carboxylic acids is 2. The van der Waals surface area contributed by atoms with E-state index in [-0.39, 0.29) is 30.9 Å². The predicted octanol–water partition coefficient (Wildman–Crippen LogP) is 2.62. The molecular weight excluding hydrogens is 384 g/mol. The zero-order valence-electron chi connectivity index (χ0n) is 17.1. The van der Waals surface area contributed by atoms with Crippen molar-refractivity contribution in [3.8, 4) is 11.5 Å². The van der Waals surface area contributed by atoms with Crippen LogP contribution in [-0.4, -0.2) is 34.1 Å². The second-order valence-corrected chi connectivity index (χ2v) is 7.52. The summed E-state index contributed by atoms with van der Waals surface area (Å²) < 4.78 is 13.3.